The number of urea groups is 1. The predicted octanol–water partition coefficient (Wildman–Crippen LogP) is 6.21. The zero-order valence-corrected chi connectivity index (χ0v) is 24.1. The summed E-state index contributed by atoms with van der Waals surface area (Å²) in [6.45, 7) is 18.9. The molecular weight excluding hydrogens is 458 g/mol. The normalized spacial score (nSPS) is 17.0. The van der Waals surface area contributed by atoms with Gasteiger partial charge in [-0.2, -0.15) is 0 Å². The molecule has 0 aromatic carbocycles. The summed E-state index contributed by atoms with van der Waals surface area (Å²) in [5, 5.41) is 1.51. The van der Waals surface area contributed by atoms with Gasteiger partial charge in [0.15, 0.2) is 10.8 Å². The smallest absolute Gasteiger partial charge is 0.325 e. The van der Waals surface area contributed by atoms with Crippen LogP contribution in [0.25, 0.3) is 11.0 Å². The fourth-order valence-corrected chi connectivity index (χ4v) is 11.0. The highest BCUT2D eigenvalue weighted by Gasteiger charge is 2.42. The molecule has 3 rings (SSSR count). The van der Waals surface area contributed by atoms with Crippen molar-refractivity contribution in [3.05, 3.63) is 17.8 Å². The number of anilines is 1. The summed E-state index contributed by atoms with van der Waals surface area (Å²) in [4.78, 5) is 30.8. The third-order valence-electron chi connectivity index (χ3n) is 7.33. The van der Waals surface area contributed by atoms with Crippen LogP contribution in [0.5, 0.6) is 0 Å². The Kier molecular flexibility index (Phi) is 7.98. The second-order valence-corrected chi connectivity index (χ2v) is 17.0. The first-order valence-electron chi connectivity index (χ1n) is 12.2. The second kappa shape index (κ2) is 10.2. The molecule has 34 heavy (non-hydrogen) atoms. The highest BCUT2D eigenvalue weighted by Crippen LogP contribution is 2.41. The van der Waals surface area contributed by atoms with Crippen LogP contribution in [0, 0.1) is 17.4 Å². The van der Waals surface area contributed by atoms with Crippen molar-refractivity contribution in [2.24, 2.45) is 5.92 Å². The van der Waals surface area contributed by atoms with Crippen molar-refractivity contribution < 1.29 is 4.79 Å². The number of hydrogen-bond acceptors (Lipinski definition) is 5. The van der Waals surface area contributed by atoms with E-state index in [1.165, 1.54) is 11.8 Å². The minimum absolute atomic E-state index is 0.0288. The van der Waals surface area contributed by atoms with E-state index in [9.17, 15) is 4.79 Å². The maximum atomic E-state index is 13.1. The minimum Gasteiger partial charge on any atom is -0.325 e. The molecule has 6 nitrogen and oxygen atoms in total. The van der Waals surface area contributed by atoms with E-state index >= 15 is 0 Å². The largest absolute Gasteiger partial charge is 0.325 e. The first kappa shape index (κ1) is 26.5. The predicted molar refractivity (Wildman–Crippen MR) is 146 cm³/mol. The van der Waals surface area contributed by atoms with Gasteiger partial charge in [-0.3, -0.25) is 4.90 Å². The molecule has 0 radical (unpaired) electrons. The van der Waals surface area contributed by atoms with E-state index in [1.54, 1.807) is 4.90 Å². The van der Waals surface area contributed by atoms with Crippen LogP contribution >= 0.6 is 11.8 Å². The summed E-state index contributed by atoms with van der Waals surface area (Å²) < 4.78 is 0. The van der Waals surface area contributed by atoms with Gasteiger partial charge in [-0.25, -0.2) is 19.7 Å². The van der Waals surface area contributed by atoms with Gasteiger partial charge in [0.05, 0.1) is 11.4 Å². The molecule has 1 aliphatic rings. The lowest BCUT2D eigenvalue weighted by molar-refractivity contribution is 0.229. The van der Waals surface area contributed by atoms with Crippen molar-refractivity contribution in [2.45, 2.75) is 83.2 Å². The van der Waals surface area contributed by atoms with E-state index < -0.39 is 8.07 Å². The zero-order chi connectivity index (χ0) is 25.4. The van der Waals surface area contributed by atoms with Crippen LogP contribution in [0.3, 0.4) is 0 Å². The first-order valence-corrected chi connectivity index (χ1v) is 15.7. The molecule has 0 spiro atoms. The molecule has 8 heteroatoms. The standard InChI is InChI=1S/C26H39N5OSSi/c1-16(2)22-15-30(9)26(32)31(22)23-13-20(21-14-27-25(33-10)29-24(21)28-23)11-12-34(17(3)4,18(5)6)19(7)8/h13-14,16-19,22H,15H2,1-10H3. The topological polar surface area (TPSA) is 62.2 Å². The summed E-state index contributed by atoms with van der Waals surface area (Å²) >= 11 is 1.48. The molecule has 1 unspecified atom stereocenters. The van der Waals surface area contributed by atoms with Gasteiger partial charge >= 0.3 is 6.03 Å². The summed E-state index contributed by atoms with van der Waals surface area (Å²) in [6.07, 6.45) is 3.78. The van der Waals surface area contributed by atoms with Crippen molar-refractivity contribution in [3.8, 4) is 11.5 Å². The van der Waals surface area contributed by atoms with E-state index in [0.29, 0.717) is 45.7 Å². The first-order chi connectivity index (χ1) is 15.9. The van der Waals surface area contributed by atoms with Gasteiger partial charge in [-0.05, 0) is 34.9 Å². The van der Waals surface area contributed by atoms with Crippen molar-refractivity contribution in [2.75, 3.05) is 24.7 Å². The molecule has 1 saturated heterocycles. The average Bonchev–Trinajstić information content (AvgIpc) is 3.07. The Bertz CT molecular complexity index is 1100. The number of pyridine rings is 1. The quantitative estimate of drug-likeness (QED) is 0.205. The number of aromatic nitrogens is 3. The van der Waals surface area contributed by atoms with E-state index in [0.717, 1.165) is 10.9 Å². The molecule has 0 N–H and O–H groups in total. The van der Waals surface area contributed by atoms with Gasteiger partial charge in [-0.1, -0.05) is 73.1 Å². The Hall–Kier alpha value is -2.11. The molecule has 1 aliphatic heterocycles. The number of hydrogen-bond donors (Lipinski definition) is 0. The SMILES string of the molecule is CSc1ncc2c(C#C[Si](C(C)C)(C(C)C)C(C)C)cc(N3C(=O)N(C)CC3C(C)C)nc2n1. The van der Waals surface area contributed by atoms with E-state index in [2.05, 4.69) is 76.8 Å². The lowest BCUT2D eigenvalue weighted by atomic mass is 10.0. The van der Waals surface area contributed by atoms with Crippen LogP contribution in [0.15, 0.2) is 17.4 Å². The maximum absolute atomic E-state index is 13.1. The van der Waals surface area contributed by atoms with E-state index in [1.807, 2.05) is 30.5 Å². The summed E-state index contributed by atoms with van der Waals surface area (Å²) in [5.74, 6) is 4.51. The number of thioether (sulfide) groups is 1. The number of fused-ring (bicyclic) bond motifs is 1. The zero-order valence-electron chi connectivity index (χ0n) is 22.3. The average molecular weight is 498 g/mol. The van der Waals surface area contributed by atoms with Crippen LogP contribution in [0.1, 0.15) is 61.0 Å². The molecule has 3 heterocycles. The number of rotatable bonds is 6. The Balaban J connectivity index is 2.27. The summed E-state index contributed by atoms with van der Waals surface area (Å²) in [5.41, 5.74) is 6.88. The Morgan fingerprint density at radius 3 is 2.21 bits per heavy atom. The summed E-state index contributed by atoms with van der Waals surface area (Å²) in [6, 6.07) is 2.00. The van der Waals surface area contributed by atoms with Gasteiger partial charge in [0, 0.05) is 25.4 Å². The van der Waals surface area contributed by atoms with Gasteiger partial charge in [0.2, 0.25) is 0 Å². The fourth-order valence-electron chi connectivity index (χ4n) is 5.46. The van der Waals surface area contributed by atoms with Gasteiger partial charge in [-0.15, -0.1) is 5.54 Å². The highest BCUT2D eigenvalue weighted by molar-refractivity contribution is 7.98. The van der Waals surface area contributed by atoms with Crippen LogP contribution in [0.4, 0.5) is 10.6 Å². The summed E-state index contributed by atoms with van der Waals surface area (Å²) in [7, 11) is -0.0869. The van der Waals surface area contributed by atoms with Crippen molar-refractivity contribution in [3.63, 3.8) is 0 Å². The molecule has 0 aliphatic carbocycles. The molecular formula is C26H39N5OSSi. The Labute approximate surface area is 210 Å². The third kappa shape index (κ3) is 4.69. The van der Waals surface area contributed by atoms with Gasteiger partial charge in [0.25, 0.3) is 0 Å². The maximum Gasteiger partial charge on any atom is 0.325 e. The Morgan fingerprint density at radius 2 is 1.68 bits per heavy atom. The van der Waals surface area contributed by atoms with E-state index in [-0.39, 0.29) is 12.1 Å². The molecule has 2 aromatic rings. The van der Waals surface area contributed by atoms with Crippen molar-refractivity contribution in [1.29, 1.82) is 0 Å². The highest BCUT2D eigenvalue weighted by atomic mass is 32.2. The lowest BCUT2D eigenvalue weighted by Gasteiger charge is -2.38. The van der Waals surface area contributed by atoms with Crippen molar-refractivity contribution in [1.82, 2.24) is 19.9 Å². The van der Waals surface area contributed by atoms with Crippen LogP contribution < -0.4 is 4.90 Å². The molecule has 2 aromatic heterocycles. The minimum atomic E-state index is -1.94. The van der Waals surface area contributed by atoms with Crippen LogP contribution in [0.2, 0.25) is 16.6 Å². The number of likely N-dealkylation sites (N-methyl/N-ethyl adjacent to an activating group) is 1. The number of carbonyl (C=O) groups excluding carboxylic acids is 1. The molecule has 2 amide bonds. The molecule has 184 valence electrons. The Morgan fingerprint density at radius 1 is 1.06 bits per heavy atom. The van der Waals surface area contributed by atoms with Gasteiger partial charge < -0.3 is 4.90 Å². The van der Waals surface area contributed by atoms with Gasteiger partial charge in [0.1, 0.15) is 13.9 Å². The number of carbonyl (C=O) groups is 1. The number of amides is 2. The monoisotopic (exact) mass is 497 g/mol. The molecule has 1 atom stereocenters. The molecule has 0 bridgehead atoms. The fraction of sp³-hybridized carbons (Fsp3) is 0.615. The van der Waals surface area contributed by atoms with Crippen LogP contribution in [-0.2, 0) is 0 Å². The second-order valence-electron chi connectivity index (χ2n) is 10.6. The van der Waals surface area contributed by atoms with E-state index in [4.69, 9.17) is 4.98 Å². The number of nitrogens with zero attached hydrogens (tertiary/aromatic N) is 5. The third-order valence-corrected chi connectivity index (χ3v) is 14.2. The van der Waals surface area contributed by atoms with Crippen LogP contribution in [-0.4, -0.2) is 59.8 Å². The lowest BCUT2D eigenvalue weighted by Crippen LogP contribution is -2.43. The molecule has 1 fully saturated rings. The molecule has 0 saturated carbocycles. The van der Waals surface area contributed by atoms with Crippen molar-refractivity contribution >= 4 is 42.7 Å².